The molecule has 0 saturated carbocycles. The Morgan fingerprint density at radius 2 is 2.33 bits per heavy atom. The Morgan fingerprint density at radius 3 is 2.93 bits per heavy atom. The zero-order chi connectivity index (χ0) is 11.3. The topological polar surface area (TPSA) is 38.3 Å². The van der Waals surface area contributed by atoms with Crippen molar-refractivity contribution < 1.29 is 18.2 Å². The van der Waals surface area contributed by atoms with Crippen molar-refractivity contribution in [3.63, 3.8) is 0 Å². The highest BCUT2D eigenvalue weighted by molar-refractivity contribution is 6.27. The number of nitrogens with one attached hydrogen (secondary N) is 1. The van der Waals surface area contributed by atoms with Crippen LogP contribution in [0, 0.1) is 5.82 Å². The summed E-state index contributed by atoms with van der Waals surface area (Å²) in [5.41, 5.74) is 0.0411. The summed E-state index contributed by atoms with van der Waals surface area (Å²) in [7, 11) is 1.66. The number of benzene rings is 1. The molecule has 1 N–H and O–H groups in total. The van der Waals surface area contributed by atoms with Crippen molar-refractivity contribution in [1.29, 1.82) is 0 Å². The van der Waals surface area contributed by atoms with Crippen LogP contribution < -0.4 is 10.1 Å². The van der Waals surface area contributed by atoms with Crippen LogP contribution in [0.3, 0.4) is 0 Å². The number of carbonyl (C=O) groups is 1. The molecule has 15 heavy (non-hydrogen) atoms. The van der Waals surface area contributed by atoms with Gasteiger partial charge in [0.05, 0.1) is 12.7 Å². The molecule has 0 atom stereocenters. The second kappa shape index (κ2) is 5.33. The van der Waals surface area contributed by atoms with Gasteiger partial charge < -0.3 is 14.4 Å². The van der Waals surface area contributed by atoms with Gasteiger partial charge in [0.2, 0.25) is 0 Å². The first-order chi connectivity index (χ1) is 7.19. The molecule has 1 amide bonds. The van der Waals surface area contributed by atoms with Gasteiger partial charge in [0, 0.05) is 0 Å². The zero-order valence-corrected chi connectivity index (χ0v) is 8.09. The van der Waals surface area contributed by atoms with E-state index in [-0.39, 0.29) is 17.8 Å². The van der Waals surface area contributed by atoms with E-state index >= 15 is 0 Å². The molecule has 1 rings (SSSR count). The van der Waals surface area contributed by atoms with Gasteiger partial charge in [-0.1, -0.05) is 7.56 Å². The second-order valence-electron chi connectivity index (χ2n) is 2.71. The highest BCUT2D eigenvalue weighted by Gasteiger charge is 2.11. The third-order valence-corrected chi connectivity index (χ3v) is 1.75. The Morgan fingerprint density at radius 1 is 1.60 bits per heavy atom. The summed E-state index contributed by atoms with van der Waals surface area (Å²) in [6, 6.07) is 3.55. The summed E-state index contributed by atoms with van der Waals surface area (Å²) in [4.78, 5) is 11.4. The number of hydrogen-bond donors (Lipinski definition) is 1. The minimum Gasteiger partial charge on any atom is -0.597 e. The molecule has 3 nitrogen and oxygen atoms in total. The van der Waals surface area contributed by atoms with Gasteiger partial charge in [0.15, 0.2) is 0 Å². The van der Waals surface area contributed by atoms with E-state index in [0.29, 0.717) is 7.56 Å². The molecule has 0 saturated heterocycles. The van der Waals surface area contributed by atoms with Crippen molar-refractivity contribution in [2.45, 2.75) is 0 Å². The first-order valence-electron chi connectivity index (χ1n) is 4.22. The third kappa shape index (κ3) is 2.94. The molecular weight excluding hydrogens is 203 g/mol. The molecule has 1 aromatic rings. The van der Waals surface area contributed by atoms with E-state index in [2.05, 4.69) is 5.32 Å². The molecule has 0 fully saturated rings. The number of ether oxygens (including phenoxy) is 1. The van der Waals surface area contributed by atoms with E-state index in [0.717, 1.165) is 6.07 Å². The standard InChI is InChI=1S/C9H9BF2NO2/c1-15-8-3-2-6(11)4-7(8)9(14)13-5-10-12/h2-4H,5H2,1H3,(H,13,14)/q-1. The fourth-order valence-corrected chi connectivity index (χ4v) is 1.08. The fraction of sp³-hybridized carbons (Fsp3) is 0.222. The number of hydrogen-bond acceptors (Lipinski definition) is 2. The fourth-order valence-electron chi connectivity index (χ4n) is 1.08. The Labute approximate surface area is 86.7 Å². The predicted molar refractivity (Wildman–Crippen MR) is 52.1 cm³/mol. The van der Waals surface area contributed by atoms with Crippen LogP contribution in [-0.4, -0.2) is 27.0 Å². The van der Waals surface area contributed by atoms with E-state index in [1.807, 2.05) is 0 Å². The van der Waals surface area contributed by atoms with Gasteiger partial charge in [-0.15, -0.1) is 6.44 Å². The Kier molecular flexibility index (Phi) is 4.09. The number of amides is 1. The SMILES string of the molecule is COc1ccc(F)cc1C(=O)NC[B-]F. The lowest BCUT2D eigenvalue weighted by Crippen LogP contribution is -2.27. The van der Waals surface area contributed by atoms with Crippen LogP contribution in [0.25, 0.3) is 0 Å². The summed E-state index contributed by atoms with van der Waals surface area (Å²) >= 11 is 0. The molecule has 0 bridgehead atoms. The molecule has 0 aliphatic rings. The molecule has 0 aromatic heterocycles. The first kappa shape index (κ1) is 11.5. The van der Waals surface area contributed by atoms with Gasteiger partial charge in [0.25, 0.3) is 5.91 Å². The lowest BCUT2D eigenvalue weighted by Gasteiger charge is -2.11. The van der Waals surface area contributed by atoms with E-state index in [4.69, 9.17) is 4.74 Å². The van der Waals surface area contributed by atoms with Gasteiger partial charge in [-0.05, 0) is 18.2 Å². The highest BCUT2D eigenvalue weighted by atomic mass is 19.1. The lowest BCUT2D eigenvalue weighted by atomic mass is 10.1. The molecule has 0 aliphatic heterocycles. The van der Waals surface area contributed by atoms with Crippen LogP contribution in [0.5, 0.6) is 5.75 Å². The maximum Gasteiger partial charge on any atom is 0.252 e. The normalized spacial score (nSPS) is 9.80. The van der Waals surface area contributed by atoms with Crippen LogP contribution in [-0.2, 0) is 0 Å². The maximum atomic E-state index is 12.8. The molecule has 0 heterocycles. The van der Waals surface area contributed by atoms with Crippen molar-refractivity contribution in [2.75, 3.05) is 13.6 Å². The summed E-state index contributed by atoms with van der Waals surface area (Å²) in [6.07, 6.45) is -0.224. The highest BCUT2D eigenvalue weighted by Crippen LogP contribution is 2.18. The average Bonchev–Trinajstić information content (AvgIpc) is 2.25. The van der Waals surface area contributed by atoms with E-state index in [1.54, 1.807) is 0 Å². The Hall–Kier alpha value is -1.59. The average molecular weight is 212 g/mol. The molecule has 2 radical (unpaired) electrons. The van der Waals surface area contributed by atoms with Crippen molar-refractivity contribution >= 4 is 13.5 Å². The largest absolute Gasteiger partial charge is 0.597 e. The summed E-state index contributed by atoms with van der Waals surface area (Å²) in [6.45, 7) is 0. The van der Waals surface area contributed by atoms with Crippen LogP contribution in [0.1, 0.15) is 10.4 Å². The lowest BCUT2D eigenvalue weighted by molar-refractivity contribution is 0.0956. The van der Waals surface area contributed by atoms with E-state index in [9.17, 15) is 13.5 Å². The smallest absolute Gasteiger partial charge is 0.252 e. The van der Waals surface area contributed by atoms with E-state index < -0.39 is 11.7 Å². The summed E-state index contributed by atoms with van der Waals surface area (Å²) in [5, 5.41) is 2.23. The molecule has 0 aliphatic carbocycles. The quantitative estimate of drug-likeness (QED) is 0.759. The second-order valence-corrected chi connectivity index (χ2v) is 2.71. The molecule has 1 aromatic carbocycles. The number of carbonyl (C=O) groups excluding carboxylic acids is 1. The molecular formula is C9H9BF2NO2-. The van der Waals surface area contributed by atoms with Crippen LogP contribution in [0.15, 0.2) is 18.2 Å². The minimum absolute atomic E-state index is 0.0411. The predicted octanol–water partition coefficient (Wildman–Crippen LogP) is 1.11. The van der Waals surface area contributed by atoms with Crippen molar-refractivity contribution in [3.05, 3.63) is 29.6 Å². The Bertz CT molecular complexity index is 360. The van der Waals surface area contributed by atoms with Gasteiger partial charge in [0.1, 0.15) is 11.6 Å². The number of halogens is 2. The molecule has 0 unspecified atom stereocenters. The molecule has 0 spiro atoms. The Balaban J connectivity index is 2.90. The van der Waals surface area contributed by atoms with Crippen molar-refractivity contribution in [3.8, 4) is 5.75 Å². The minimum atomic E-state index is -0.583. The van der Waals surface area contributed by atoms with Crippen molar-refractivity contribution in [1.82, 2.24) is 5.32 Å². The number of rotatable bonds is 4. The van der Waals surface area contributed by atoms with Crippen LogP contribution >= 0.6 is 0 Å². The molecule has 6 heteroatoms. The van der Waals surface area contributed by atoms with Gasteiger partial charge in [-0.3, -0.25) is 4.79 Å². The van der Waals surface area contributed by atoms with Crippen LogP contribution in [0.2, 0.25) is 0 Å². The van der Waals surface area contributed by atoms with Crippen molar-refractivity contribution in [2.24, 2.45) is 0 Å². The van der Waals surface area contributed by atoms with Gasteiger partial charge >= 0.3 is 0 Å². The maximum absolute atomic E-state index is 12.8. The van der Waals surface area contributed by atoms with Gasteiger partial charge in [-0.25, -0.2) is 4.39 Å². The third-order valence-electron chi connectivity index (χ3n) is 1.75. The summed E-state index contributed by atoms with van der Waals surface area (Å²) < 4.78 is 29.4. The molecule has 80 valence electrons. The zero-order valence-electron chi connectivity index (χ0n) is 8.09. The van der Waals surface area contributed by atoms with Crippen LogP contribution in [0.4, 0.5) is 8.71 Å². The van der Waals surface area contributed by atoms with E-state index in [1.165, 1.54) is 19.2 Å². The van der Waals surface area contributed by atoms with Gasteiger partial charge in [-0.2, -0.15) is 0 Å². The first-order valence-corrected chi connectivity index (χ1v) is 4.22. The summed E-state index contributed by atoms with van der Waals surface area (Å²) in [5.74, 6) is -0.891. The number of methoxy groups -OCH3 is 1. The monoisotopic (exact) mass is 212 g/mol.